The van der Waals surface area contributed by atoms with E-state index in [9.17, 15) is 14.4 Å². The molecule has 0 aliphatic carbocycles. The van der Waals surface area contributed by atoms with E-state index < -0.39 is 30.3 Å². The van der Waals surface area contributed by atoms with Crippen molar-refractivity contribution in [2.45, 2.75) is 39.3 Å². The highest BCUT2D eigenvalue weighted by atomic mass is 16.5. The normalized spacial score (nSPS) is 11.8. The summed E-state index contributed by atoms with van der Waals surface area (Å²) in [5.41, 5.74) is 1.77. The second-order valence-electron chi connectivity index (χ2n) is 4.64. The van der Waals surface area contributed by atoms with E-state index in [2.05, 4.69) is 15.2 Å². The number of ether oxygens (including phenoxy) is 1. The van der Waals surface area contributed by atoms with Crippen LogP contribution < -0.4 is 5.32 Å². The standard InChI is InChI=1S/C13H19N3O5/c1-8-6-9(2)16(15-8)5-4-11(17)14-10(13(19)20)7-12(18)21-3/h6,10H,4-5,7H2,1-3H3,(H,14,17)(H,19,20)/t10-/m0/s1. The van der Waals surface area contributed by atoms with E-state index in [1.165, 1.54) is 0 Å². The average Bonchev–Trinajstić information content (AvgIpc) is 2.73. The van der Waals surface area contributed by atoms with Crippen molar-refractivity contribution in [2.75, 3.05) is 7.11 Å². The molecule has 1 rings (SSSR count). The Balaban J connectivity index is 2.52. The monoisotopic (exact) mass is 297 g/mol. The van der Waals surface area contributed by atoms with Gasteiger partial charge in [-0.05, 0) is 19.9 Å². The number of carboxylic acid groups (broad SMARTS) is 1. The molecule has 0 saturated heterocycles. The van der Waals surface area contributed by atoms with E-state index in [-0.39, 0.29) is 6.42 Å². The molecule has 1 aromatic rings. The number of carboxylic acids is 1. The number of hydrogen-bond acceptors (Lipinski definition) is 5. The number of nitrogens with one attached hydrogen (secondary N) is 1. The minimum absolute atomic E-state index is 0.0763. The predicted molar refractivity (Wildman–Crippen MR) is 72.5 cm³/mol. The fourth-order valence-corrected chi connectivity index (χ4v) is 1.83. The van der Waals surface area contributed by atoms with Gasteiger partial charge in [0, 0.05) is 18.7 Å². The van der Waals surface area contributed by atoms with Gasteiger partial charge in [-0.1, -0.05) is 0 Å². The Morgan fingerprint density at radius 1 is 1.43 bits per heavy atom. The number of carbonyl (C=O) groups is 3. The third kappa shape index (κ3) is 5.25. The van der Waals surface area contributed by atoms with Crippen molar-refractivity contribution in [2.24, 2.45) is 0 Å². The lowest BCUT2D eigenvalue weighted by molar-refractivity contribution is -0.148. The van der Waals surface area contributed by atoms with Crippen LogP contribution in [0.4, 0.5) is 0 Å². The van der Waals surface area contributed by atoms with E-state index in [4.69, 9.17) is 5.11 Å². The second kappa shape index (κ2) is 7.41. The molecule has 0 bridgehead atoms. The maximum Gasteiger partial charge on any atom is 0.326 e. The molecule has 1 aromatic heterocycles. The van der Waals surface area contributed by atoms with Gasteiger partial charge < -0.3 is 15.2 Å². The van der Waals surface area contributed by atoms with Crippen LogP contribution in [0.15, 0.2) is 6.07 Å². The summed E-state index contributed by atoms with van der Waals surface area (Å²) < 4.78 is 6.06. The number of rotatable bonds is 7. The van der Waals surface area contributed by atoms with E-state index >= 15 is 0 Å². The van der Waals surface area contributed by atoms with Crippen LogP contribution in [-0.2, 0) is 25.7 Å². The Hall–Kier alpha value is -2.38. The first-order valence-electron chi connectivity index (χ1n) is 6.43. The van der Waals surface area contributed by atoms with Gasteiger partial charge in [-0.15, -0.1) is 0 Å². The molecule has 0 aromatic carbocycles. The van der Waals surface area contributed by atoms with Gasteiger partial charge in [0.15, 0.2) is 0 Å². The number of hydrogen-bond donors (Lipinski definition) is 2. The quantitative estimate of drug-likeness (QED) is 0.687. The number of esters is 1. The number of nitrogens with zero attached hydrogens (tertiary/aromatic N) is 2. The van der Waals surface area contributed by atoms with Crippen molar-refractivity contribution in [1.29, 1.82) is 0 Å². The molecule has 0 aliphatic heterocycles. The largest absolute Gasteiger partial charge is 0.480 e. The summed E-state index contributed by atoms with van der Waals surface area (Å²) in [7, 11) is 1.16. The van der Waals surface area contributed by atoms with E-state index in [0.717, 1.165) is 18.5 Å². The summed E-state index contributed by atoms with van der Waals surface area (Å²) in [6, 6.07) is 0.597. The van der Waals surface area contributed by atoms with Gasteiger partial charge in [-0.3, -0.25) is 14.3 Å². The van der Waals surface area contributed by atoms with Crippen LogP contribution in [0.25, 0.3) is 0 Å². The Kier molecular flexibility index (Phi) is 5.89. The average molecular weight is 297 g/mol. The lowest BCUT2D eigenvalue weighted by Crippen LogP contribution is -2.42. The first kappa shape index (κ1) is 16.7. The summed E-state index contributed by atoms with van der Waals surface area (Å²) in [6.45, 7) is 4.06. The first-order chi connectivity index (χ1) is 9.83. The molecule has 8 heteroatoms. The predicted octanol–water partition coefficient (Wildman–Crippen LogP) is 0.0225. The molecule has 116 valence electrons. The minimum atomic E-state index is -1.29. The summed E-state index contributed by atoms with van der Waals surface area (Å²) >= 11 is 0. The van der Waals surface area contributed by atoms with Crippen molar-refractivity contribution >= 4 is 17.8 Å². The Morgan fingerprint density at radius 2 is 2.10 bits per heavy atom. The molecule has 8 nitrogen and oxygen atoms in total. The number of aromatic nitrogens is 2. The Morgan fingerprint density at radius 3 is 2.57 bits per heavy atom. The topological polar surface area (TPSA) is 111 Å². The Bertz CT molecular complexity index is 538. The summed E-state index contributed by atoms with van der Waals surface area (Å²) in [5.74, 6) is -2.43. The number of aryl methyl sites for hydroxylation is 3. The molecular formula is C13H19N3O5. The van der Waals surface area contributed by atoms with Gasteiger partial charge in [0.2, 0.25) is 5.91 Å². The van der Waals surface area contributed by atoms with Gasteiger partial charge in [0.1, 0.15) is 6.04 Å². The minimum Gasteiger partial charge on any atom is -0.480 e. The molecule has 0 saturated carbocycles. The second-order valence-corrected chi connectivity index (χ2v) is 4.64. The van der Waals surface area contributed by atoms with Crippen molar-refractivity contribution in [3.8, 4) is 0 Å². The van der Waals surface area contributed by atoms with Crippen LogP contribution in [0.3, 0.4) is 0 Å². The van der Waals surface area contributed by atoms with Crippen LogP contribution in [-0.4, -0.2) is 45.9 Å². The molecule has 0 fully saturated rings. The van der Waals surface area contributed by atoms with E-state index in [0.29, 0.717) is 6.54 Å². The number of carbonyl (C=O) groups excluding carboxylic acids is 2. The number of methoxy groups -OCH3 is 1. The zero-order chi connectivity index (χ0) is 16.0. The first-order valence-corrected chi connectivity index (χ1v) is 6.43. The highest BCUT2D eigenvalue weighted by Gasteiger charge is 2.23. The zero-order valence-electron chi connectivity index (χ0n) is 12.3. The molecule has 21 heavy (non-hydrogen) atoms. The fourth-order valence-electron chi connectivity index (χ4n) is 1.83. The van der Waals surface area contributed by atoms with Crippen LogP contribution >= 0.6 is 0 Å². The maximum absolute atomic E-state index is 11.8. The van der Waals surface area contributed by atoms with E-state index in [1.54, 1.807) is 4.68 Å². The molecule has 1 heterocycles. The van der Waals surface area contributed by atoms with Crippen LogP contribution in [0.2, 0.25) is 0 Å². The lowest BCUT2D eigenvalue weighted by atomic mass is 10.2. The third-order valence-corrected chi connectivity index (χ3v) is 2.89. The van der Waals surface area contributed by atoms with E-state index in [1.807, 2.05) is 19.9 Å². The van der Waals surface area contributed by atoms with Gasteiger partial charge in [-0.25, -0.2) is 4.79 Å². The van der Waals surface area contributed by atoms with Gasteiger partial charge in [0.25, 0.3) is 0 Å². The van der Waals surface area contributed by atoms with Gasteiger partial charge in [0.05, 0.1) is 19.2 Å². The molecule has 1 amide bonds. The van der Waals surface area contributed by atoms with Crippen molar-refractivity contribution in [1.82, 2.24) is 15.1 Å². The lowest BCUT2D eigenvalue weighted by Gasteiger charge is -2.13. The third-order valence-electron chi connectivity index (χ3n) is 2.89. The fraction of sp³-hybridized carbons (Fsp3) is 0.538. The molecule has 1 atom stereocenters. The molecule has 0 radical (unpaired) electrons. The van der Waals surface area contributed by atoms with Crippen molar-refractivity contribution < 1.29 is 24.2 Å². The highest BCUT2D eigenvalue weighted by Crippen LogP contribution is 2.03. The van der Waals surface area contributed by atoms with Crippen molar-refractivity contribution in [3.63, 3.8) is 0 Å². The summed E-state index contributed by atoms with van der Waals surface area (Å²) in [4.78, 5) is 33.8. The summed E-state index contributed by atoms with van der Waals surface area (Å²) in [6.07, 6.45) is -0.329. The molecule has 2 N–H and O–H groups in total. The zero-order valence-corrected chi connectivity index (χ0v) is 12.3. The van der Waals surface area contributed by atoms with Crippen LogP contribution in [0.5, 0.6) is 0 Å². The summed E-state index contributed by atoms with van der Waals surface area (Å²) in [5, 5.41) is 15.5. The molecular weight excluding hydrogens is 278 g/mol. The van der Waals surface area contributed by atoms with Crippen molar-refractivity contribution in [3.05, 3.63) is 17.5 Å². The van der Waals surface area contributed by atoms with Crippen LogP contribution in [0, 0.1) is 13.8 Å². The molecule has 0 aliphatic rings. The van der Waals surface area contributed by atoms with Gasteiger partial charge in [-0.2, -0.15) is 5.10 Å². The Labute approximate surface area is 122 Å². The number of amides is 1. The maximum atomic E-state index is 11.8. The smallest absolute Gasteiger partial charge is 0.326 e. The van der Waals surface area contributed by atoms with Crippen LogP contribution in [0.1, 0.15) is 24.2 Å². The molecule has 0 unspecified atom stereocenters. The molecule has 0 spiro atoms. The highest BCUT2D eigenvalue weighted by molar-refractivity contribution is 5.87. The number of aliphatic carboxylic acids is 1. The SMILES string of the molecule is COC(=O)C[C@H](NC(=O)CCn1nc(C)cc1C)C(=O)O. The van der Waals surface area contributed by atoms with Gasteiger partial charge >= 0.3 is 11.9 Å².